The molecule has 49 heavy (non-hydrogen) atoms. The van der Waals surface area contributed by atoms with Crippen LogP contribution in [0.4, 0.5) is 5.82 Å². The molecule has 3 saturated heterocycles. The van der Waals surface area contributed by atoms with Gasteiger partial charge < -0.3 is 29.4 Å². The lowest BCUT2D eigenvalue weighted by atomic mass is 9.99. The van der Waals surface area contributed by atoms with Crippen LogP contribution in [0.1, 0.15) is 59.4 Å². The molecule has 0 saturated carbocycles. The minimum Gasteiger partial charge on any atom is -0.387 e. The standard InChI is InChI=1S/C32H36N8O9/c1-4-21-22(10-23(48-21)39-11-17(2)26(34-30(39)44)33-28(43)19-8-6-5-7-9-19)46-14-20-13-38(37-36-20)15-32-16-47-24(25(32)41)29(49-32)40-12-18(3)27(42)35-31(40)45/h5-9,11-13,21-25,29,41H,4,10,14-16H2,1-3H3,(H,35,42,45)(H,33,34,43,44)/t21-,22?,23-,24+,25?,29-,32+/m1/s1. The quantitative estimate of drug-likeness (QED) is 0.211. The smallest absolute Gasteiger partial charge is 0.351 e. The molecule has 1 aromatic carbocycles. The van der Waals surface area contributed by atoms with Crippen LogP contribution in [0.3, 0.4) is 0 Å². The van der Waals surface area contributed by atoms with Crippen molar-refractivity contribution in [3.8, 4) is 0 Å². The predicted molar refractivity (Wildman–Crippen MR) is 170 cm³/mol. The van der Waals surface area contributed by atoms with Gasteiger partial charge in [-0.15, -0.1) is 5.10 Å². The van der Waals surface area contributed by atoms with E-state index in [1.54, 1.807) is 50.5 Å². The van der Waals surface area contributed by atoms with Crippen molar-refractivity contribution in [3.05, 3.63) is 103 Å². The summed E-state index contributed by atoms with van der Waals surface area (Å²) in [4.78, 5) is 56.3. The maximum atomic E-state index is 13.0. The SMILES string of the molecule is CC[C@H]1O[C@@H](n2cc(C)c(NC(=O)c3ccccc3)nc2=O)CC1OCc1cn(C[C@]23CO[C@@H](C2O)[C@H](n2cc(C)c(=O)[nH]c2=O)O3)nn1. The largest absolute Gasteiger partial charge is 0.387 e. The molecular weight excluding hydrogens is 640 g/mol. The molecule has 17 nitrogen and oxygen atoms in total. The molecule has 258 valence electrons. The third kappa shape index (κ3) is 6.15. The Morgan fingerprint density at radius 1 is 1.12 bits per heavy atom. The molecule has 3 aliphatic heterocycles. The van der Waals surface area contributed by atoms with Gasteiger partial charge in [-0.2, -0.15) is 4.98 Å². The summed E-state index contributed by atoms with van der Waals surface area (Å²) in [6.45, 7) is 5.56. The Bertz CT molecular complexity index is 2040. The lowest BCUT2D eigenvalue weighted by Crippen LogP contribution is -2.45. The van der Waals surface area contributed by atoms with E-state index in [4.69, 9.17) is 18.9 Å². The zero-order valence-electron chi connectivity index (χ0n) is 27.0. The summed E-state index contributed by atoms with van der Waals surface area (Å²) in [5.41, 5.74) is -1.02. The summed E-state index contributed by atoms with van der Waals surface area (Å²) in [6.07, 6.45) is 1.63. The maximum Gasteiger partial charge on any atom is 0.351 e. The first-order chi connectivity index (χ1) is 23.5. The highest BCUT2D eigenvalue weighted by Crippen LogP contribution is 2.45. The number of ether oxygens (including phenoxy) is 4. The first kappa shape index (κ1) is 32.7. The van der Waals surface area contributed by atoms with Crippen molar-refractivity contribution in [1.29, 1.82) is 0 Å². The number of fused-ring (bicyclic) bond motifs is 2. The van der Waals surface area contributed by atoms with Gasteiger partial charge in [0.05, 0.1) is 38.2 Å². The normalized spacial score (nSPS) is 27.5. The van der Waals surface area contributed by atoms with Gasteiger partial charge in [-0.3, -0.25) is 23.7 Å². The summed E-state index contributed by atoms with van der Waals surface area (Å²) in [7, 11) is 0. The lowest BCUT2D eigenvalue weighted by Gasteiger charge is -2.30. The molecule has 6 heterocycles. The highest BCUT2D eigenvalue weighted by atomic mass is 16.6. The fraction of sp³-hybridized carbons (Fsp3) is 0.469. The van der Waals surface area contributed by atoms with Crippen LogP contribution in [0.2, 0.25) is 0 Å². The molecule has 3 fully saturated rings. The van der Waals surface area contributed by atoms with Crippen molar-refractivity contribution in [2.24, 2.45) is 0 Å². The first-order valence-electron chi connectivity index (χ1n) is 16.0. The summed E-state index contributed by atoms with van der Waals surface area (Å²) in [6, 6.07) is 8.67. The number of aromatic nitrogens is 7. The molecule has 0 radical (unpaired) electrons. The van der Waals surface area contributed by atoms with E-state index in [0.717, 1.165) is 0 Å². The van der Waals surface area contributed by atoms with Gasteiger partial charge in [-0.1, -0.05) is 30.3 Å². The van der Waals surface area contributed by atoms with E-state index in [9.17, 15) is 24.3 Å². The fourth-order valence-corrected chi connectivity index (χ4v) is 6.56. The molecule has 4 aromatic rings. The monoisotopic (exact) mass is 676 g/mol. The van der Waals surface area contributed by atoms with Gasteiger partial charge in [-0.25, -0.2) is 14.3 Å². The molecule has 1 amide bonds. The molecule has 7 rings (SSSR count). The van der Waals surface area contributed by atoms with Gasteiger partial charge in [0.2, 0.25) is 0 Å². The number of aliphatic hydroxyl groups is 1. The van der Waals surface area contributed by atoms with Crippen LogP contribution >= 0.6 is 0 Å². The number of aromatic amines is 1. The van der Waals surface area contributed by atoms with Gasteiger partial charge in [0, 0.05) is 35.5 Å². The molecule has 3 aromatic heterocycles. The van der Waals surface area contributed by atoms with Crippen LogP contribution in [0.25, 0.3) is 0 Å². The Morgan fingerprint density at radius 2 is 1.90 bits per heavy atom. The second kappa shape index (κ2) is 12.9. The Hall–Kier alpha value is -4.81. The summed E-state index contributed by atoms with van der Waals surface area (Å²) in [5.74, 6) is -0.182. The Labute approximate surface area is 278 Å². The van der Waals surface area contributed by atoms with Crippen LogP contribution in [0.5, 0.6) is 0 Å². The van der Waals surface area contributed by atoms with Crippen molar-refractivity contribution in [2.45, 2.75) is 89.2 Å². The molecule has 7 atom stereocenters. The number of benzene rings is 1. The molecule has 3 N–H and O–H groups in total. The van der Waals surface area contributed by atoms with Gasteiger partial charge in [0.15, 0.2) is 6.23 Å². The number of nitrogens with one attached hydrogen (secondary N) is 2. The number of H-pyrrole nitrogens is 1. The van der Waals surface area contributed by atoms with Crippen LogP contribution < -0.4 is 22.3 Å². The van der Waals surface area contributed by atoms with Crippen molar-refractivity contribution in [2.75, 3.05) is 11.9 Å². The van der Waals surface area contributed by atoms with E-state index < -0.39 is 47.2 Å². The predicted octanol–water partition coefficient (Wildman–Crippen LogP) is 0.564. The third-order valence-corrected chi connectivity index (χ3v) is 9.18. The van der Waals surface area contributed by atoms with E-state index in [1.165, 1.54) is 20.0 Å². The average Bonchev–Trinajstić information content (AvgIpc) is 3.85. The van der Waals surface area contributed by atoms with Crippen molar-refractivity contribution >= 4 is 11.7 Å². The number of anilines is 1. The Kier molecular flexibility index (Phi) is 8.62. The molecule has 0 spiro atoms. The number of hydrogen-bond acceptors (Lipinski definition) is 12. The second-order valence-corrected chi connectivity index (χ2v) is 12.6. The van der Waals surface area contributed by atoms with Gasteiger partial charge in [0.1, 0.15) is 35.5 Å². The zero-order valence-corrected chi connectivity index (χ0v) is 27.0. The van der Waals surface area contributed by atoms with Crippen LogP contribution in [0, 0.1) is 13.8 Å². The zero-order chi connectivity index (χ0) is 34.4. The molecule has 2 unspecified atom stereocenters. The van der Waals surface area contributed by atoms with Crippen molar-refractivity contribution in [1.82, 2.24) is 34.1 Å². The molecule has 17 heteroatoms. The van der Waals surface area contributed by atoms with Crippen LogP contribution in [0.15, 0.2) is 63.3 Å². The number of carbonyl (C=O) groups excluding carboxylic acids is 1. The van der Waals surface area contributed by atoms with Crippen molar-refractivity contribution < 1.29 is 28.8 Å². The number of aryl methyl sites for hydroxylation is 2. The van der Waals surface area contributed by atoms with E-state index in [-0.39, 0.29) is 43.7 Å². The molecule has 2 bridgehead atoms. The highest BCUT2D eigenvalue weighted by Gasteiger charge is 2.62. The Morgan fingerprint density at radius 3 is 2.67 bits per heavy atom. The molecular formula is C32H36N8O9. The minimum absolute atomic E-state index is 0.0746. The number of carbonyl (C=O) groups is 1. The maximum absolute atomic E-state index is 13.0. The van der Waals surface area contributed by atoms with Crippen LogP contribution in [-0.4, -0.2) is 81.7 Å². The number of amides is 1. The lowest BCUT2D eigenvalue weighted by molar-refractivity contribution is -0.180. The van der Waals surface area contributed by atoms with Gasteiger partial charge in [0.25, 0.3) is 11.5 Å². The molecule has 3 aliphatic rings. The van der Waals surface area contributed by atoms with Crippen LogP contribution in [-0.2, 0) is 32.1 Å². The average molecular weight is 677 g/mol. The second-order valence-electron chi connectivity index (χ2n) is 12.6. The summed E-state index contributed by atoms with van der Waals surface area (Å²) in [5, 5.41) is 22.2. The summed E-state index contributed by atoms with van der Waals surface area (Å²) < 4.78 is 28.6. The highest BCUT2D eigenvalue weighted by molar-refractivity contribution is 6.04. The Balaban J connectivity index is 0.984. The summed E-state index contributed by atoms with van der Waals surface area (Å²) >= 11 is 0. The molecule has 0 aliphatic carbocycles. The number of hydrogen-bond donors (Lipinski definition) is 3. The van der Waals surface area contributed by atoms with E-state index in [2.05, 4.69) is 25.6 Å². The number of rotatable bonds is 10. The minimum atomic E-state index is -1.19. The van der Waals surface area contributed by atoms with E-state index in [1.807, 2.05) is 13.0 Å². The van der Waals surface area contributed by atoms with E-state index >= 15 is 0 Å². The topological polar surface area (TPSA) is 207 Å². The van der Waals surface area contributed by atoms with E-state index in [0.29, 0.717) is 35.2 Å². The fourth-order valence-electron chi connectivity index (χ4n) is 6.56. The van der Waals surface area contributed by atoms with Gasteiger partial charge >= 0.3 is 11.4 Å². The van der Waals surface area contributed by atoms with Gasteiger partial charge in [-0.05, 0) is 32.4 Å². The first-order valence-corrected chi connectivity index (χ1v) is 16.0. The number of aliphatic hydroxyl groups excluding tert-OH is 1. The number of nitrogens with zero attached hydrogens (tertiary/aromatic N) is 6. The third-order valence-electron chi connectivity index (χ3n) is 9.18. The van der Waals surface area contributed by atoms with Crippen molar-refractivity contribution in [3.63, 3.8) is 0 Å².